The van der Waals surface area contributed by atoms with Crippen molar-refractivity contribution < 1.29 is 14.3 Å². The van der Waals surface area contributed by atoms with Crippen molar-refractivity contribution in [2.45, 2.75) is 75.4 Å². The van der Waals surface area contributed by atoms with Crippen LogP contribution < -0.4 is 20.4 Å². The average molecular weight is 799 g/mol. The van der Waals surface area contributed by atoms with E-state index in [1.165, 1.54) is 12.8 Å². The number of imide groups is 1. The number of anilines is 3. The lowest BCUT2D eigenvalue weighted by Crippen LogP contribution is -2.55. The van der Waals surface area contributed by atoms with E-state index in [-0.39, 0.29) is 23.8 Å². The molecule has 0 saturated carbocycles. The Kier molecular flexibility index (Phi) is 9.96. The average Bonchev–Trinajstić information content (AvgIpc) is 3.97. The molecule has 2 amide bonds. The van der Waals surface area contributed by atoms with Crippen molar-refractivity contribution in [3.63, 3.8) is 0 Å². The van der Waals surface area contributed by atoms with Crippen LogP contribution in [0.4, 0.5) is 22.3 Å². The van der Waals surface area contributed by atoms with Crippen molar-refractivity contribution in [1.82, 2.24) is 40.0 Å². The summed E-state index contributed by atoms with van der Waals surface area (Å²) in [6, 6.07) is 13.2. The molecule has 2 N–H and O–H groups in total. The van der Waals surface area contributed by atoms with Gasteiger partial charge in [-0.1, -0.05) is 17.4 Å². The van der Waals surface area contributed by atoms with E-state index in [1.54, 1.807) is 17.5 Å². The van der Waals surface area contributed by atoms with Gasteiger partial charge in [0.1, 0.15) is 5.82 Å². The highest BCUT2D eigenvalue weighted by molar-refractivity contribution is 7.18. The van der Waals surface area contributed by atoms with E-state index < -0.39 is 0 Å². The van der Waals surface area contributed by atoms with Gasteiger partial charge in [0, 0.05) is 88.6 Å². The first-order chi connectivity index (χ1) is 28.5. The third-order valence-corrected chi connectivity index (χ3v) is 13.7. The molecule has 0 radical (unpaired) electrons. The number of ether oxygens (including phenoxy) is 1. The smallest absolute Gasteiger partial charge is 0.234 e. The van der Waals surface area contributed by atoms with Crippen LogP contribution in [-0.2, 0) is 14.3 Å². The Morgan fingerprint density at radius 3 is 2.48 bits per heavy atom. The van der Waals surface area contributed by atoms with Crippen LogP contribution in [0.1, 0.15) is 62.8 Å². The summed E-state index contributed by atoms with van der Waals surface area (Å²) in [6.07, 6.45) is 12.8. The fourth-order valence-electron chi connectivity index (χ4n) is 9.53. The Bertz CT molecular complexity index is 2350. The van der Waals surface area contributed by atoms with Crippen molar-refractivity contribution >= 4 is 51.0 Å². The molecule has 298 valence electrons. The predicted octanol–water partition coefficient (Wildman–Crippen LogP) is 5.54. The number of aromatic nitrogens is 6. The van der Waals surface area contributed by atoms with Gasteiger partial charge in [0.2, 0.25) is 22.6 Å². The number of hydrogen-bond acceptors (Lipinski definition) is 13. The first kappa shape index (κ1) is 36.8. The number of fused-ring (bicyclic) bond motifs is 3. The molecule has 58 heavy (non-hydrogen) atoms. The lowest BCUT2D eigenvalue weighted by molar-refractivity contribution is -0.134. The largest absolute Gasteiger partial charge is 0.381 e. The maximum Gasteiger partial charge on any atom is 0.234 e. The summed E-state index contributed by atoms with van der Waals surface area (Å²) in [5, 5.41) is 22.1. The maximum absolute atomic E-state index is 12.3. The Morgan fingerprint density at radius 1 is 0.897 bits per heavy atom. The number of rotatable bonds is 9. The van der Waals surface area contributed by atoms with Crippen molar-refractivity contribution in [3.8, 4) is 22.0 Å². The van der Waals surface area contributed by atoms with Gasteiger partial charge in [-0.05, 0) is 86.8 Å². The van der Waals surface area contributed by atoms with E-state index in [0.29, 0.717) is 36.5 Å². The maximum atomic E-state index is 12.3. The molecule has 2 bridgehead atoms. The van der Waals surface area contributed by atoms with Crippen LogP contribution in [-0.4, -0.2) is 111 Å². The molecule has 0 aliphatic carbocycles. The first-order valence-electron chi connectivity index (χ1n) is 20.5. The highest BCUT2D eigenvalue weighted by Crippen LogP contribution is 2.40. The van der Waals surface area contributed by atoms with Gasteiger partial charge in [0.25, 0.3) is 0 Å². The van der Waals surface area contributed by atoms with Crippen molar-refractivity contribution in [2.24, 2.45) is 5.92 Å². The number of amides is 2. The lowest BCUT2D eigenvalue weighted by atomic mass is 9.91. The second kappa shape index (κ2) is 15.7. The molecule has 0 aromatic carbocycles. The normalized spacial score (nSPS) is 23.3. The van der Waals surface area contributed by atoms with E-state index in [4.69, 9.17) is 31.5 Å². The van der Waals surface area contributed by atoms with Gasteiger partial charge in [0.05, 0.1) is 41.2 Å². The monoisotopic (exact) mass is 798 g/mol. The van der Waals surface area contributed by atoms with Gasteiger partial charge < -0.3 is 19.9 Å². The zero-order valence-corrected chi connectivity index (χ0v) is 33.1. The van der Waals surface area contributed by atoms with Crippen LogP contribution in [0.2, 0.25) is 0 Å². The number of piperazine rings is 1. The minimum Gasteiger partial charge on any atom is -0.381 e. The molecule has 10 heterocycles. The summed E-state index contributed by atoms with van der Waals surface area (Å²) in [6.45, 7) is 13.8. The molecule has 5 aromatic rings. The van der Waals surface area contributed by atoms with Gasteiger partial charge in [-0.2, -0.15) is 5.10 Å². The van der Waals surface area contributed by atoms with E-state index >= 15 is 0 Å². The molecule has 0 spiro atoms. The zero-order chi connectivity index (χ0) is 39.2. The number of pyridine rings is 2. The predicted molar refractivity (Wildman–Crippen MR) is 221 cm³/mol. The molecule has 16 heteroatoms. The van der Waals surface area contributed by atoms with E-state index in [9.17, 15) is 9.59 Å². The number of nitrogens with one attached hydrogen (secondary N) is 2. The molecule has 5 aromatic heterocycles. The molecule has 2 unspecified atom stereocenters. The van der Waals surface area contributed by atoms with Gasteiger partial charge in [0.15, 0.2) is 5.01 Å². The summed E-state index contributed by atoms with van der Waals surface area (Å²) < 4.78 is 7.49. The molecule has 5 aliphatic heterocycles. The number of nitrogens with zero attached hydrogens (tertiary/aromatic N) is 10. The second-order valence-electron chi connectivity index (χ2n) is 16.3. The van der Waals surface area contributed by atoms with E-state index in [1.807, 2.05) is 47.2 Å². The molecular weight excluding hydrogens is 753 g/mol. The Balaban J connectivity index is 0.790. The van der Waals surface area contributed by atoms with Crippen molar-refractivity contribution in [1.29, 1.82) is 0 Å². The van der Waals surface area contributed by atoms with Crippen LogP contribution in [0.25, 0.3) is 32.3 Å². The van der Waals surface area contributed by atoms with Crippen LogP contribution in [0.5, 0.6) is 0 Å². The number of carbonyl (C=O) groups excluding carboxylic acids is 2. The lowest BCUT2D eigenvalue weighted by Gasteiger charge is -2.43. The quantitative estimate of drug-likeness (QED) is 0.142. The minimum absolute atomic E-state index is 0.195. The zero-order valence-electron chi connectivity index (χ0n) is 32.3. The number of hydrogen-bond donors (Lipinski definition) is 2. The van der Waals surface area contributed by atoms with Crippen LogP contribution in [0.15, 0.2) is 55.0 Å². The topological polar surface area (TPSA) is 150 Å². The van der Waals surface area contributed by atoms with Crippen LogP contribution >= 0.6 is 11.3 Å². The minimum atomic E-state index is -0.305. The number of piperidine rings is 2. The Labute approximate surface area is 340 Å². The Hall–Kier alpha value is -5.50. The van der Waals surface area contributed by atoms with Crippen LogP contribution in [0.3, 0.4) is 0 Å². The van der Waals surface area contributed by atoms with Crippen LogP contribution in [0, 0.1) is 12.5 Å². The summed E-state index contributed by atoms with van der Waals surface area (Å²) in [5.41, 5.74) is 5.81. The summed E-state index contributed by atoms with van der Waals surface area (Å²) in [7, 11) is 0. The SMILES string of the molecule is [C-]#[N+]c1cnn2c(-c3cc(NC4CCOCC4)c(-c4nnc(N5CC6CCC(C5)N6CC5CCN(c6ccc([C@@H]7CCC(=O)NC7=O)cn6)CC5)s4)cn3)ccc2c1. The van der Waals surface area contributed by atoms with E-state index in [2.05, 4.69) is 41.3 Å². The second-order valence-corrected chi connectivity index (χ2v) is 17.2. The van der Waals surface area contributed by atoms with Crippen molar-refractivity contribution in [3.05, 3.63) is 72.0 Å². The van der Waals surface area contributed by atoms with Crippen molar-refractivity contribution in [2.75, 3.05) is 61.1 Å². The molecule has 5 fully saturated rings. The van der Waals surface area contributed by atoms with E-state index in [0.717, 1.165) is 121 Å². The fourth-order valence-corrected chi connectivity index (χ4v) is 10.4. The first-order valence-corrected chi connectivity index (χ1v) is 21.4. The molecule has 5 aliphatic rings. The third-order valence-electron chi connectivity index (χ3n) is 12.7. The highest BCUT2D eigenvalue weighted by Gasteiger charge is 2.42. The third kappa shape index (κ3) is 7.27. The summed E-state index contributed by atoms with van der Waals surface area (Å²) >= 11 is 1.64. The fraction of sp³-hybridized carbons (Fsp3) is 0.476. The molecular formula is C42H46N12O3S. The molecule has 5 saturated heterocycles. The van der Waals surface area contributed by atoms with Gasteiger partial charge in [-0.25, -0.2) is 14.3 Å². The standard InChI is InChI=1S/C42H46N12O3S/c1-43-29-18-30-5-7-37(54(30)46-21-29)36-19-35(47-28-12-16-57-17-13-28)34(22-44-36)41-49-50-42(58-41)52-24-31-3-4-32(25-52)53(31)23-26-10-14-51(15-11-26)38-8-2-27(20-45-38)33-6-9-39(55)48-40(33)56/h2,5,7-8,18-22,26,28,31-33H,3-4,6,9-17,23-25H2,(H,44,47)(H,48,55,56)/t31?,32?,33-/m0/s1. The summed E-state index contributed by atoms with van der Waals surface area (Å²) in [4.78, 5) is 44.7. The molecule has 3 atom stereocenters. The molecule has 10 rings (SSSR count). The number of carbonyl (C=O) groups is 2. The summed E-state index contributed by atoms with van der Waals surface area (Å²) in [5.74, 6) is 0.888. The molecule has 15 nitrogen and oxygen atoms in total. The van der Waals surface area contributed by atoms with Gasteiger partial charge in [-0.15, -0.1) is 10.2 Å². The highest BCUT2D eigenvalue weighted by atomic mass is 32.1. The van der Waals surface area contributed by atoms with Gasteiger partial charge in [-0.3, -0.25) is 24.8 Å². The Morgan fingerprint density at radius 2 is 1.72 bits per heavy atom. The van der Waals surface area contributed by atoms with Gasteiger partial charge >= 0.3 is 0 Å².